The molecule has 0 fully saturated rings. The lowest BCUT2D eigenvalue weighted by atomic mass is 10.0. The molecule has 3 nitrogen and oxygen atoms in total. The van der Waals surface area contributed by atoms with Crippen LogP contribution in [0, 0.1) is 5.21 Å². The predicted octanol–water partition coefficient (Wildman–Crippen LogP) is 1.01. The number of hydroxylamine groups is 1. The number of rotatable bonds is 3. The van der Waals surface area contributed by atoms with Gasteiger partial charge in [-0.15, -0.1) is 0 Å². The highest BCUT2D eigenvalue weighted by atomic mass is 16.5. The average molecular weight is 204 g/mol. The molecule has 0 amide bonds. The van der Waals surface area contributed by atoms with E-state index in [2.05, 4.69) is 4.90 Å². The van der Waals surface area contributed by atoms with Crippen molar-refractivity contribution in [2.45, 2.75) is 6.42 Å². The second-order valence-electron chi connectivity index (χ2n) is 4.13. The highest BCUT2D eigenvalue weighted by molar-refractivity contribution is 5.75. The minimum atomic E-state index is 0.152. The van der Waals surface area contributed by atoms with Gasteiger partial charge in [-0.2, -0.15) is 0 Å². The van der Waals surface area contributed by atoms with Crippen molar-refractivity contribution in [2.24, 2.45) is 0 Å². The zero-order valence-electron chi connectivity index (χ0n) is 9.16. The van der Waals surface area contributed by atoms with Crippen LogP contribution < -0.4 is 5.06 Å². The molecule has 1 aliphatic rings. The Bertz CT molecular complexity index is 385. The van der Waals surface area contributed by atoms with Crippen molar-refractivity contribution in [3.8, 4) is 0 Å². The summed E-state index contributed by atoms with van der Waals surface area (Å²) < 4.78 is 0. The fourth-order valence-corrected chi connectivity index (χ4v) is 1.84. The number of hydrogen-bond donors (Lipinski definition) is 1. The summed E-state index contributed by atoms with van der Waals surface area (Å²) in [5.41, 5.74) is 3.14. The molecular formula is C12H16N2O. The summed E-state index contributed by atoms with van der Waals surface area (Å²) in [5, 5.41) is 11.8. The molecule has 0 spiro atoms. The van der Waals surface area contributed by atoms with Crippen molar-refractivity contribution >= 4 is 11.3 Å². The molecule has 3 heteroatoms. The maximum atomic E-state index is 11.6. The smallest absolute Gasteiger partial charge is 0.143 e. The molecule has 1 aromatic rings. The third-order valence-corrected chi connectivity index (χ3v) is 2.67. The summed E-state index contributed by atoms with van der Waals surface area (Å²) in [6.45, 7) is 0.980. The van der Waals surface area contributed by atoms with Crippen molar-refractivity contribution in [2.75, 3.05) is 20.6 Å². The van der Waals surface area contributed by atoms with Crippen molar-refractivity contribution in [1.82, 2.24) is 4.90 Å². The van der Waals surface area contributed by atoms with Gasteiger partial charge in [-0.3, -0.25) is 0 Å². The first-order valence-electron chi connectivity index (χ1n) is 5.17. The van der Waals surface area contributed by atoms with Gasteiger partial charge >= 0.3 is 0 Å². The Morgan fingerprint density at radius 1 is 1.27 bits per heavy atom. The van der Waals surface area contributed by atoms with Crippen LogP contribution in [0.4, 0.5) is 5.69 Å². The molecule has 1 unspecified atom stereocenters. The second kappa shape index (κ2) is 4.14. The molecule has 0 aliphatic carbocycles. The number of nitrogens with zero attached hydrogens (tertiary/aromatic N) is 1. The van der Waals surface area contributed by atoms with Gasteiger partial charge in [0.2, 0.25) is 0 Å². The van der Waals surface area contributed by atoms with Gasteiger partial charge in [0.15, 0.2) is 0 Å². The molecule has 80 valence electrons. The zero-order chi connectivity index (χ0) is 10.8. The molecule has 0 radical (unpaired) electrons. The Balaban J connectivity index is 2.18. The van der Waals surface area contributed by atoms with Crippen LogP contribution in [0.2, 0.25) is 0 Å². The largest absolute Gasteiger partial charge is 0.624 e. The lowest BCUT2D eigenvalue weighted by molar-refractivity contribution is -0.710. The van der Waals surface area contributed by atoms with E-state index in [1.54, 1.807) is 6.20 Å². The monoisotopic (exact) mass is 204 g/mol. The van der Waals surface area contributed by atoms with Crippen LogP contribution >= 0.6 is 0 Å². The fourth-order valence-electron chi connectivity index (χ4n) is 1.84. The van der Waals surface area contributed by atoms with E-state index in [9.17, 15) is 5.21 Å². The molecule has 1 aromatic carbocycles. The van der Waals surface area contributed by atoms with Gasteiger partial charge in [-0.1, -0.05) is 12.1 Å². The van der Waals surface area contributed by atoms with Gasteiger partial charge in [-0.25, -0.2) is 0 Å². The Labute approximate surface area is 90.2 Å². The van der Waals surface area contributed by atoms with E-state index in [1.807, 2.05) is 38.4 Å². The van der Waals surface area contributed by atoms with Crippen LogP contribution in [-0.2, 0) is 0 Å². The highest BCUT2D eigenvalue weighted by Gasteiger charge is 2.20. The minimum Gasteiger partial charge on any atom is -0.624 e. The molecule has 0 saturated heterocycles. The van der Waals surface area contributed by atoms with E-state index >= 15 is 0 Å². The Kier molecular flexibility index (Phi) is 2.86. The van der Waals surface area contributed by atoms with Crippen LogP contribution in [0.5, 0.6) is 0 Å². The van der Waals surface area contributed by atoms with E-state index < -0.39 is 0 Å². The molecular weight excluding hydrogens is 188 g/mol. The van der Waals surface area contributed by atoms with Crippen molar-refractivity contribution in [1.29, 1.82) is 0 Å². The fraction of sp³-hybridized carbons (Fsp3) is 0.333. The van der Waals surface area contributed by atoms with Gasteiger partial charge in [0.25, 0.3) is 0 Å². The standard InChI is InChI=1S/C12H16N2O/c1-13(2)8-7-10-9-14(15)12-6-4-3-5-11(10)12/h3-6,9,14H,7-8H2,1-2H3. The molecule has 15 heavy (non-hydrogen) atoms. The molecule has 1 N–H and O–H groups in total. The molecule has 1 aliphatic heterocycles. The van der Waals surface area contributed by atoms with Crippen LogP contribution in [-0.4, -0.2) is 25.5 Å². The van der Waals surface area contributed by atoms with Crippen LogP contribution in [0.3, 0.4) is 0 Å². The van der Waals surface area contributed by atoms with Crippen LogP contribution in [0.25, 0.3) is 5.57 Å². The van der Waals surface area contributed by atoms with Crippen LogP contribution in [0.15, 0.2) is 30.5 Å². The topological polar surface area (TPSA) is 30.7 Å². The number of benzene rings is 1. The number of nitrogens with one attached hydrogen (secondary N) is 1. The van der Waals surface area contributed by atoms with Gasteiger partial charge in [0, 0.05) is 23.7 Å². The van der Waals surface area contributed by atoms with E-state index in [-0.39, 0.29) is 5.06 Å². The Hall–Kier alpha value is -1.16. The third-order valence-electron chi connectivity index (χ3n) is 2.67. The predicted molar refractivity (Wildman–Crippen MR) is 61.6 cm³/mol. The first-order valence-corrected chi connectivity index (χ1v) is 5.17. The second-order valence-corrected chi connectivity index (χ2v) is 4.13. The van der Waals surface area contributed by atoms with Crippen LogP contribution in [0.1, 0.15) is 12.0 Å². The number of quaternary nitrogens is 1. The minimum absolute atomic E-state index is 0.152. The van der Waals surface area contributed by atoms with E-state index in [4.69, 9.17) is 0 Å². The van der Waals surface area contributed by atoms with Crippen molar-refractivity contribution < 1.29 is 5.06 Å². The Morgan fingerprint density at radius 2 is 2.00 bits per heavy atom. The maximum Gasteiger partial charge on any atom is 0.143 e. The van der Waals surface area contributed by atoms with E-state index in [0.29, 0.717) is 0 Å². The summed E-state index contributed by atoms with van der Waals surface area (Å²) in [6, 6.07) is 7.83. The first kappa shape index (κ1) is 10.4. The summed E-state index contributed by atoms with van der Waals surface area (Å²) in [7, 11) is 4.09. The molecule has 1 atom stereocenters. The number of para-hydroxylation sites is 1. The first-order chi connectivity index (χ1) is 7.18. The normalized spacial score (nSPS) is 19.2. The lowest BCUT2D eigenvalue weighted by Gasteiger charge is -2.12. The van der Waals surface area contributed by atoms with Crippen molar-refractivity contribution in [3.05, 3.63) is 41.2 Å². The van der Waals surface area contributed by atoms with Crippen molar-refractivity contribution in [3.63, 3.8) is 0 Å². The van der Waals surface area contributed by atoms with E-state index in [0.717, 1.165) is 24.2 Å². The zero-order valence-corrected chi connectivity index (χ0v) is 9.16. The number of fused-ring (bicyclic) bond motifs is 1. The van der Waals surface area contributed by atoms with Gasteiger partial charge in [0.05, 0.1) is 0 Å². The molecule has 2 rings (SSSR count). The highest BCUT2D eigenvalue weighted by Crippen LogP contribution is 2.26. The molecule has 1 heterocycles. The SMILES string of the molecule is CN(C)CCC1=C[NH+]([O-])c2ccccc21. The third kappa shape index (κ3) is 2.09. The molecule has 0 bridgehead atoms. The quantitative estimate of drug-likeness (QED) is 0.745. The number of hydrogen-bond acceptors (Lipinski definition) is 2. The summed E-state index contributed by atoms with van der Waals surface area (Å²) in [4.78, 5) is 2.13. The Morgan fingerprint density at radius 3 is 2.73 bits per heavy atom. The lowest BCUT2D eigenvalue weighted by Crippen LogP contribution is -2.95. The average Bonchev–Trinajstić information content (AvgIpc) is 2.54. The van der Waals surface area contributed by atoms with Gasteiger partial charge in [-0.05, 0) is 26.6 Å². The summed E-state index contributed by atoms with van der Waals surface area (Å²) in [5.74, 6) is 0. The van der Waals surface area contributed by atoms with Gasteiger partial charge in [0.1, 0.15) is 11.9 Å². The van der Waals surface area contributed by atoms with E-state index in [1.165, 1.54) is 5.57 Å². The maximum absolute atomic E-state index is 11.6. The molecule has 0 saturated carbocycles. The van der Waals surface area contributed by atoms with Gasteiger partial charge < -0.3 is 15.2 Å². The summed E-state index contributed by atoms with van der Waals surface area (Å²) >= 11 is 0. The molecule has 0 aromatic heterocycles. The summed E-state index contributed by atoms with van der Waals surface area (Å²) in [6.07, 6.45) is 2.71.